The molecule has 30 heavy (non-hydrogen) atoms. The van der Waals surface area contributed by atoms with Gasteiger partial charge in [0.2, 0.25) is 0 Å². The van der Waals surface area contributed by atoms with Crippen molar-refractivity contribution in [1.82, 2.24) is 4.83 Å². The van der Waals surface area contributed by atoms with Gasteiger partial charge in [-0.1, -0.05) is 35.9 Å². The van der Waals surface area contributed by atoms with E-state index in [1.54, 1.807) is 44.2 Å². The fourth-order valence-corrected chi connectivity index (χ4v) is 5.00. The zero-order valence-corrected chi connectivity index (χ0v) is 18.6. The molecule has 0 aliphatic heterocycles. The van der Waals surface area contributed by atoms with E-state index in [0.29, 0.717) is 16.3 Å². The van der Waals surface area contributed by atoms with Crippen LogP contribution >= 0.6 is 11.6 Å². The predicted molar refractivity (Wildman–Crippen MR) is 119 cm³/mol. The number of sulfonamides is 2. The molecule has 0 atom stereocenters. The van der Waals surface area contributed by atoms with Crippen LogP contribution < -0.4 is 15.0 Å². The maximum absolute atomic E-state index is 13.0. The first-order chi connectivity index (χ1) is 14.1. The highest BCUT2D eigenvalue weighted by atomic mass is 35.5. The Morgan fingerprint density at radius 2 is 1.43 bits per heavy atom. The van der Waals surface area contributed by atoms with E-state index in [2.05, 4.69) is 15.0 Å². The van der Waals surface area contributed by atoms with Crippen molar-refractivity contribution in [3.05, 3.63) is 82.9 Å². The third-order valence-electron chi connectivity index (χ3n) is 4.26. The lowest BCUT2D eigenvalue weighted by Gasteiger charge is -2.16. The Labute approximate surface area is 181 Å². The van der Waals surface area contributed by atoms with Gasteiger partial charge in [0.05, 0.1) is 16.3 Å². The van der Waals surface area contributed by atoms with Gasteiger partial charge in [0.1, 0.15) is 4.90 Å². The average Bonchev–Trinajstić information content (AvgIpc) is 2.69. The van der Waals surface area contributed by atoms with Crippen LogP contribution in [0.5, 0.6) is 0 Å². The number of halogens is 1. The SMILES string of the molecule is Cc1ccc(NNS(=O)(=O)c2ccc(Cl)cc2)c(S(=O)(=O)Nc2ccccc2C)c1. The van der Waals surface area contributed by atoms with Gasteiger partial charge >= 0.3 is 0 Å². The average molecular weight is 466 g/mol. The lowest BCUT2D eigenvalue weighted by molar-refractivity contribution is 0.586. The Hall–Kier alpha value is -2.59. The van der Waals surface area contributed by atoms with Gasteiger partial charge in [0.15, 0.2) is 0 Å². The van der Waals surface area contributed by atoms with E-state index in [4.69, 9.17) is 11.6 Å². The van der Waals surface area contributed by atoms with Crippen LogP contribution in [-0.4, -0.2) is 16.8 Å². The molecule has 0 amide bonds. The molecule has 0 aliphatic carbocycles. The summed E-state index contributed by atoms with van der Waals surface area (Å²) in [5.41, 5.74) is 4.49. The Balaban J connectivity index is 1.90. The molecular weight excluding hydrogens is 446 g/mol. The van der Waals surface area contributed by atoms with E-state index in [9.17, 15) is 16.8 Å². The second kappa shape index (κ2) is 8.65. The quantitative estimate of drug-likeness (QED) is 0.456. The van der Waals surface area contributed by atoms with Gasteiger partial charge in [-0.15, -0.1) is 4.83 Å². The smallest absolute Gasteiger partial charge is 0.264 e. The van der Waals surface area contributed by atoms with Crippen LogP contribution in [0.2, 0.25) is 5.02 Å². The maximum Gasteiger partial charge on any atom is 0.264 e. The Kier molecular flexibility index (Phi) is 6.37. The standard InChI is InChI=1S/C20H20ClN3O4S2/c1-14-7-12-19(22-24-29(25,26)17-10-8-16(21)9-11-17)20(13-14)30(27,28)23-18-6-4-3-5-15(18)2/h3-13,22-24H,1-2H3. The van der Waals surface area contributed by atoms with E-state index >= 15 is 0 Å². The minimum absolute atomic E-state index is 0.0195. The summed E-state index contributed by atoms with van der Waals surface area (Å²) in [6.45, 7) is 3.53. The number of anilines is 2. The number of para-hydroxylation sites is 1. The van der Waals surface area contributed by atoms with E-state index in [1.165, 1.54) is 36.4 Å². The fraction of sp³-hybridized carbons (Fsp3) is 0.100. The number of hydrogen-bond acceptors (Lipinski definition) is 5. The zero-order chi connectivity index (χ0) is 21.9. The zero-order valence-electron chi connectivity index (χ0n) is 16.2. The van der Waals surface area contributed by atoms with Crippen LogP contribution in [0.15, 0.2) is 76.5 Å². The molecule has 0 aliphatic rings. The molecular formula is C20H20ClN3O4S2. The molecule has 3 aromatic rings. The minimum atomic E-state index is -3.99. The summed E-state index contributed by atoms with van der Waals surface area (Å²) in [4.78, 5) is 2.09. The Bertz CT molecular complexity index is 1280. The summed E-state index contributed by atoms with van der Waals surface area (Å²) in [7, 11) is -7.94. The molecule has 7 nitrogen and oxygen atoms in total. The molecule has 158 valence electrons. The van der Waals surface area contributed by atoms with E-state index in [0.717, 1.165) is 5.56 Å². The molecule has 0 saturated heterocycles. The number of rotatable bonds is 7. The molecule has 0 bridgehead atoms. The van der Waals surface area contributed by atoms with Crippen molar-refractivity contribution in [3.63, 3.8) is 0 Å². The van der Waals surface area contributed by atoms with Crippen molar-refractivity contribution in [1.29, 1.82) is 0 Å². The molecule has 3 N–H and O–H groups in total. The summed E-state index contributed by atoms with van der Waals surface area (Å²) < 4.78 is 53.6. The van der Waals surface area contributed by atoms with Crippen LogP contribution in [-0.2, 0) is 20.0 Å². The lowest BCUT2D eigenvalue weighted by Crippen LogP contribution is -2.30. The van der Waals surface area contributed by atoms with Crippen molar-refractivity contribution < 1.29 is 16.8 Å². The van der Waals surface area contributed by atoms with Gasteiger partial charge < -0.3 is 5.43 Å². The Morgan fingerprint density at radius 1 is 0.767 bits per heavy atom. The topological polar surface area (TPSA) is 104 Å². The van der Waals surface area contributed by atoms with Gasteiger partial charge in [-0.05, 0) is 67.4 Å². The maximum atomic E-state index is 13.0. The number of hydrazine groups is 1. The summed E-state index contributed by atoms with van der Waals surface area (Å²) in [5.74, 6) is 0. The van der Waals surface area contributed by atoms with Crippen LogP contribution in [0.1, 0.15) is 11.1 Å². The van der Waals surface area contributed by atoms with Gasteiger partial charge in [0, 0.05) is 5.02 Å². The molecule has 3 rings (SSSR count). The lowest BCUT2D eigenvalue weighted by atomic mass is 10.2. The van der Waals surface area contributed by atoms with Crippen LogP contribution in [0.4, 0.5) is 11.4 Å². The van der Waals surface area contributed by atoms with Gasteiger partial charge in [-0.25, -0.2) is 16.8 Å². The number of hydrogen-bond donors (Lipinski definition) is 3. The Morgan fingerprint density at radius 3 is 2.10 bits per heavy atom. The van der Waals surface area contributed by atoms with Gasteiger partial charge in [0.25, 0.3) is 20.0 Å². The highest BCUT2D eigenvalue weighted by Gasteiger charge is 2.21. The molecule has 0 fully saturated rings. The second-order valence-corrected chi connectivity index (χ2v) is 10.4. The largest absolute Gasteiger partial charge is 0.306 e. The highest BCUT2D eigenvalue weighted by Crippen LogP contribution is 2.26. The molecule has 0 radical (unpaired) electrons. The fourth-order valence-electron chi connectivity index (χ4n) is 2.64. The second-order valence-electron chi connectivity index (χ2n) is 6.60. The molecule has 10 heteroatoms. The van der Waals surface area contributed by atoms with Gasteiger partial charge in [-0.2, -0.15) is 0 Å². The highest BCUT2D eigenvalue weighted by molar-refractivity contribution is 7.93. The number of benzene rings is 3. The van der Waals surface area contributed by atoms with Gasteiger partial charge in [-0.3, -0.25) is 4.72 Å². The molecule has 0 heterocycles. The van der Waals surface area contributed by atoms with E-state index in [1.807, 2.05) is 0 Å². The van der Waals surface area contributed by atoms with E-state index in [-0.39, 0.29) is 15.5 Å². The van der Waals surface area contributed by atoms with Crippen LogP contribution in [0.3, 0.4) is 0 Å². The van der Waals surface area contributed by atoms with Crippen molar-refractivity contribution in [2.24, 2.45) is 0 Å². The molecule has 0 spiro atoms. The van der Waals surface area contributed by atoms with Crippen molar-refractivity contribution in [3.8, 4) is 0 Å². The first-order valence-electron chi connectivity index (χ1n) is 8.81. The third-order valence-corrected chi connectivity index (χ3v) is 7.18. The summed E-state index contributed by atoms with van der Waals surface area (Å²) in [6, 6.07) is 17.2. The summed E-state index contributed by atoms with van der Waals surface area (Å²) >= 11 is 5.79. The molecule has 3 aromatic carbocycles. The van der Waals surface area contributed by atoms with Crippen LogP contribution in [0.25, 0.3) is 0 Å². The molecule has 0 saturated carbocycles. The minimum Gasteiger partial charge on any atom is -0.306 e. The van der Waals surface area contributed by atoms with Crippen molar-refractivity contribution in [2.75, 3.05) is 10.1 Å². The number of nitrogens with one attached hydrogen (secondary N) is 3. The summed E-state index contributed by atoms with van der Waals surface area (Å²) in [6.07, 6.45) is 0. The monoisotopic (exact) mass is 465 g/mol. The van der Waals surface area contributed by atoms with Crippen molar-refractivity contribution >= 4 is 43.0 Å². The molecule has 0 aromatic heterocycles. The van der Waals surface area contributed by atoms with Crippen LogP contribution in [0, 0.1) is 13.8 Å². The normalized spacial score (nSPS) is 11.8. The summed E-state index contributed by atoms with van der Waals surface area (Å²) in [5, 5.41) is 0.399. The first-order valence-corrected chi connectivity index (χ1v) is 12.2. The molecule has 0 unspecified atom stereocenters. The third kappa shape index (κ3) is 5.11. The van der Waals surface area contributed by atoms with E-state index < -0.39 is 20.0 Å². The predicted octanol–water partition coefficient (Wildman–Crippen LogP) is 4.06. The number of aryl methyl sites for hydroxylation is 2. The van der Waals surface area contributed by atoms with Crippen molar-refractivity contribution in [2.45, 2.75) is 23.6 Å². The first kappa shape index (κ1) is 22.1.